The summed E-state index contributed by atoms with van der Waals surface area (Å²) in [7, 11) is 0. The lowest BCUT2D eigenvalue weighted by atomic mass is 10.2. The molecular weight excluding hydrogens is 244 g/mol. The predicted octanol–water partition coefficient (Wildman–Crippen LogP) is 0.142. The minimum Gasteiger partial charge on any atom is -0.346 e. The van der Waals surface area contributed by atoms with Gasteiger partial charge in [0, 0.05) is 12.7 Å². The Morgan fingerprint density at radius 3 is 2.12 bits per heavy atom. The molecule has 7 heteroatoms. The van der Waals surface area contributed by atoms with Crippen LogP contribution >= 0.6 is 11.8 Å². The van der Waals surface area contributed by atoms with Crippen molar-refractivity contribution in [3.63, 3.8) is 0 Å². The minimum atomic E-state index is -0.478. The van der Waals surface area contributed by atoms with Crippen LogP contribution in [0.3, 0.4) is 0 Å². The first-order valence-corrected chi connectivity index (χ1v) is 5.71. The molecule has 0 saturated carbocycles. The van der Waals surface area contributed by atoms with Gasteiger partial charge in [0.25, 0.3) is 0 Å². The molecule has 0 heterocycles. The molecule has 0 aromatic heterocycles. The molecule has 1 amide bonds. The second-order valence-corrected chi connectivity index (χ2v) is 4.43. The predicted molar refractivity (Wildman–Crippen MR) is 60.8 cm³/mol. The summed E-state index contributed by atoms with van der Waals surface area (Å²) in [5, 5.41) is 10.9. The highest BCUT2D eigenvalue weighted by Crippen LogP contribution is 2.10. The Balaban J connectivity index is 0. The van der Waals surface area contributed by atoms with Crippen LogP contribution in [-0.2, 0) is 19.2 Å². The molecule has 0 aliphatic heterocycles. The summed E-state index contributed by atoms with van der Waals surface area (Å²) in [6, 6.07) is 1.57. The highest BCUT2D eigenvalue weighted by Gasteiger charge is 2.16. The summed E-state index contributed by atoms with van der Waals surface area (Å²) < 4.78 is 0. The Kier molecular flexibility index (Phi) is 11.3. The number of amides is 1. The Morgan fingerprint density at radius 1 is 1.35 bits per heavy atom. The highest BCUT2D eigenvalue weighted by atomic mass is 32.2. The maximum absolute atomic E-state index is 11.1. The van der Waals surface area contributed by atoms with E-state index < -0.39 is 6.04 Å². The van der Waals surface area contributed by atoms with Crippen molar-refractivity contribution < 1.29 is 19.2 Å². The van der Waals surface area contributed by atoms with Gasteiger partial charge in [-0.15, -0.1) is 11.8 Å². The summed E-state index contributed by atoms with van der Waals surface area (Å²) in [6.45, 7) is 4.56. The summed E-state index contributed by atoms with van der Waals surface area (Å²) in [5.41, 5.74) is 0. The van der Waals surface area contributed by atoms with Crippen LogP contribution in [0, 0.1) is 11.3 Å². The third-order valence-electron chi connectivity index (χ3n) is 1.56. The second-order valence-electron chi connectivity index (χ2n) is 3.05. The molecule has 0 spiro atoms. The second kappa shape index (κ2) is 10.9. The van der Waals surface area contributed by atoms with Gasteiger partial charge in [-0.05, 0) is 13.8 Å². The number of thioether (sulfide) groups is 1. The van der Waals surface area contributed by atoms with Crippen molar-refractivity contribution in [3.8, 4) is 6.07 Å². The smallest absolute Gasteiger partial charge is 0.346 e. The van der Waals surface area contributed by atoms with E-state index in [1.165, 1.54) is 25.6 Å². The Labute approximate surface area is 104 Å². The average molecular weight is 258 g/mol. The number of nitriles is 1. The molecule has 0 aliphatic rings. The summed E-state index contributed by atoms with van der Waals surface area (Å²) in [6.07, 6.45) is 0.250. The maximum atomic E-state index is 11.1. The van der Waals surface area contributed by atoms with E-state index in [1.54, 1.807) is 6.92 Å². The van der Waals surface area contributed by atoms with E-state index in [2.05, 4.69) is 11.4 Å². The standard InChI is InChI=1S/C9H14N2O2S.CO2/c1-6(4-10)14-5-9(7(2)12)11-8(3)13;2-1-3/h6,9H,5H2,1-3H3,(H,11,13);/t6?,9-;/m1./s1. The number of Topliss-reactive ketones (excluding diaryl/α,β-unsaturated/α-hetero) is 1. The fourth-order valence-corrected chi connectivity index (χ4v) is 1.66. The van der Waals surface area contributed by atoms with Gasteiger partial charge in [-0.3, -0.25) is 9.59 Å². The highest BCUT2D eigenvalue weighted by molar-refractivity contribution is 8.00. The van der Waals surface area contributed by atoms with Crippen LogP contribution in [0.4, 0.5) is 0 Å². The van der Waals surface area contributed by atoms with Crippen molar-refractivity contribution in [2.45, 2.75) is 32.1 Å². The SMILES string of the molecule is CC(=O)N[C@H](CSC(C)C#N)C(C)=O.O=C=O. The first-order valence-electron chi connectivity index (χ1n) is 4.67. The van der Waals surface area contributed by atoms with E-state index in [0.717, 1.165) is 0 Å². The molecule has 0 radical (unpaired) electrons. The van der Waals surface area contributed by atoms with Gasteiger partial charge in [-0.2, -0.15) is 14.9 Å². The van der Waals surface area contributed by atoms with Crippen LogP contribution in [0.1, 0.15) is 20.8 Å². The number of rotatable bonds is 5. The van der Waals surface area contributed by atoms with Gasteiger partial charge >= 0.3 is 6.15 Å². The van der Waals surface area contributed by atoms with Gasteiger partial charge in [-0.1, -0.05) is 0 Å². The number of hydrogen-bond donors (Lipinski definition) is 1. The van der Waals surface area contributed by atoms with Gasteiger partial charge in [0.1, 0.15) is 0 Å². The van der Waals surface area contributed by atoms with Crippen LogP contribution in [-0.4, -0.2) is 34.9 Å². The van der Waals surface area contributed by atoms with Gasteiger partial charge in [0.05, 0.1) is 17.4 Å². The lowest BCUT2D eigenvalue weighted by Gasteiger charge is -2.14. The van der Waals surface area contributed by atoms with Crippen LogP contribution in [0.2, 0.25) is 0 Å². The van der Waals surface area contributed by atoms with Crippen molar-refractivity contribution >= 4 is 29.6 Å². The number of carbonyl (C=O) groups is 2. The number of nitrogens with zero attached hydrogens (tertiary/aromatic N) is 1. The van der Waals surface area contributed by atoms with E-state index in [4.69, 9.17) is 14.9 Å². The third-order valence-corrected chi connectivity index (χ3v) is 2.69. The normalized spacial score (nSPS) is 11.9. The minimum absolute atomic E-state index is 0.0853. The summed E-state index contributed by atoms with van der Waals surface area (Å²) in [4.78, 5) is 38.1. The van der Waals surface area contributed by atoms with Crippen molar-refractivity contribution in [1.29, 1.82) is 5.26 Å². The van der Waals surface area contributed by atoms with E-state index in [0.29, 0.717) is 5.75 Å². The first kappa shape index (κ1) is 17.7. The van der Waals surface area contributed by atoms with Crippen molar-refractivity contribution in [2.75, 3.05) is 5.75 Å². The van der Waals surface area contributed by atoms with Gasteiger partial charge in [-0.25, -0.2) is 0 Å². The van der Waals surface area contributed by atoms with Crippen LogP contribution in [0.5, 0.6) is 0 Å². The molecule has 1 unspecified atom stereocenters. The van der Waals surface area contributed by atoms with E-state index >= 15 is 0 Å². The zero-order chi connectivity index (χ0) is 13.8. The van der Waals surface area contributed by atoms with Gasteiger partial charge < -0.3 is 5.32 Å². The fraction of sp³-hybridized carbons (Fsp3) is 0.600. The Morgan fingerprint density at radius 2 is 1.82 bits per heavy atom. The molecular formula is C10H14N2O4S. The monoisotopic (exact) mass is 258 g/mol. The fourth-order valence-electron chi connectivity index (χ4n) is 0.784. The number of hydrogen-bond acceptors (Lipinski definition) is 6. The first-order chi connectivity index (χ1) is 7.88. The number of carbonyl (C=O) groups excluding carboxylic acids is 4. The molecule has 1 N–H and O–H groups in total. The Hall–Kier alpha value is -1.64. The van der Waals surface area contributed by atoms with Gasteiger partial charge in [0.2, 0.25) is 5.91 Å². The molecule has 0 rings (SSSR count). The van der Waals surface area contributed by atoms with E-state index in [-0.39, 0.29) is 23.1 Å². The molecule has 2 atom stereocenters. The third kappa shape index (κ3) is 12.3. The van der Waals surface area contributed by atoms with Crippen LogP contribution in [0.25, 0.3) is 0 Å². The molecule has 0 bridgehead atoms. The molecule has 94 valence electrons. The molecule has 6 nitrogen and oxygen atoms in total. The van der Waals surface area contributed by atoms with E-state index in [1.807, 2.05) is 0 Å². The zero-order valence-corrected chi connectivity index (χ0v) is 10.7. The van der Waals surface area contributed by atoms with Crippen LogP contribution in [0.15, 0.2) is 0 Å². The van der Waals surface area contributed by atoms with E-state index in [9.17, 15) is 9.59 Å². The molecule has 0 saturated heterocycles. The largest absolute Gasteiger partial charge is 0.373 e. The lowest BCUT2D eigenvalue weighted by molar-refractivity contribution is -0.191. The summed E-state index contributed by atoms with van der Waals surface area (Å²) >= 11 is 1.36. The van der Waals surface area contributed by atoms with Crippen LogP contribution < -0.4 is 5.32 Å². The molecule has 17 heavy (non-hydrogen) atoms. The van der Waals surface area contributed by atoms with Crippen molar-refractivity contribution in [2.24, 2.45) is 0 Å². The zero-order valence-electron chi connectivity index (χ0n) is 9.85. The number of nitrogens with one attached hydrogen (secondary N) is 1. The molecule has 0 aromatic rings. The maximum Gasteiger partial charge on any atom is 0.373 e. The van der Waals surface area contributed by atoms with Gasteiger partial charge in [0.15, 0.2) is 5.78 Å². The number of ketones is 1. The molecule has 0 aromatic carbocycles. The topological polar surface area (TPSA) is 104 Å². The lowest BCUT2D eigenvalue weighted by Crippen LogP contribution is -2.40. The Bertz CT molecular complexity index is 332. The van der Waals surface area contributed by atoms with Crippen molar-refractivity contribution in [3.05, 3.63) is 0 Å². The molecule has 0 fully saturated rings. The molecule has 0 aliphatic carbocycles. The van der Waals surface area contributed by atoms with Crippen molar-refractivity contribution in [1.82, 2.24) is 5.32 Å². The summed E-state index contributed by atoms with van der Waals surface area (Å²) in [5.74, 6) is 0.136. The average Bonchev–Trinajstić information content (AvgIpc) is 2.23. The quantitative estimate of drug-likeness (QED) is 0.752.